The Bertz CT molecular complexity index is 512. The summed E-state index contributed by atoms with van der Waals surface area (Å²) < 4.78 is 87.6. The number of hydrogen-bond acceptors (Lipinski definition) is 3. The van der Waals surface area contributed by atoms with E-state index >= 15 is 0 Å². The van der Waals surface area contributed by atoms with Gasteiger partial charge in [-0.2, -0.15) is 21.6 Å². The molecule has 0 aromatic heterocycles. The Hall–Kier alpha value is -1.38. The highest BCUT2D eigenvalue weighted by Crippen LogP contribution is 2.34. The quantitative estimate of drug-likeness (QED) is 0.615. The Kier molecular flexibility index (Phi) is 3.33. The third kappa shape index (κ3) is 3.55. The average molecular weight is 276 g/mol. The van der Waals surface area contributed by atoms with E-state index < -0.39 is 39.2 Å². The first-order valence-corrected chi connectivity index (χ1v) is 5.78. The van der Waals surface area contributed by atoms with E-state index in [4.69, 9.17) is 0 Å². The molecule has 0 aliphatic rings. The van der Waals surface area contributed by atoms with E-state index in [0.29, 0.717) is 6.26 Å². The van der Waals surface area contributed by atoms with E-state index in [-0.39, 0.29) is 12.1 Å². The van der Waals surface area contributed by atoms with E-state index in [1.807, 2.05) is 0 Å². The van der Waals surface area contributed by atoms with Crippen molar-refractivity contribution >= 4 is 10.1 Å². The van der Waals surface area contributed by atoms with Gasteiger partial charge < -0.3 is 4.18 Å². The summed E-state index contributed by atoms with van der Waals surface area (Å²) >= 11 is 0. The Labute approximate surface area is 92.9 Å². The molecule has 0 aliphatic heterocycles. The summed E-state index contributed by atoms with van der Waals surface area (Å²) in [6.07, 6.45) is -4.44. The van der Waals surface area contributed by atoms with Crippen LogP contribution in [-0.4, -0.2) is 14.7 Å². The molecular weight excluding hydrogens is 271 g/mol. The molecule has 0 heterocycles. The van der Waals surface area contributed by atoms with Gasteiger partial charge in [0.25, 0.3) is 0 Å². The summed E-state index contributed by atoms with van der Waals surface area (Å²) in [5, 5.41) is 0. The van der Waals surface area contributed by atoms with E-state index in [9.17, 15) is 30.4 Å². The van der Waals surface area contributed by atoms with Crippen molar-refractivity contribution in [3.63, 3.8) is 0 Å². The predicted molar refractivity (Wildman–Crippen MR) is 46.8 cm³/mol. The van der Waals surface area contributed by atoms with Gasteiger partial charge in [0.05, 0.1) is 11.8 Å². The van der Waals surface area contributed by atoms with Gasteiger partial charge in [-0.1, -0.05) is 0 Å². The highest BCUT2D eigenvalue weighted by atomic mass is 32.2. The molecule has 0 N–H and O–H groups in total. The lowest BCUT2D eigenvalue weighted by atomic mass is 10.2. The molecule has 0 bridgehead atoms. The summed E-state index contributed by atoms with van der Waals surface area (Å²) in [7, 11) is -4.23. The highest BCUT2D eigenvalue weighted by molar-refractivity contribution is 7.86. The largest absolute Gasteiger partial charge is 0.416 e. The van der Waals surface area contributed by atoms with Crippen molar-refractivity contribution in [3.05, 3.63) is 29.3 Å². The molecule has 0 amide bonds. The molecule has 9 heteroatoms. The Morgan fingerprint density at radius 3 is 1.82 bits per heavy atom. The van der Waals surface area contributed by atoms with Gasteiger partial charge in [0, 0.05) is 0 Å². The number of hydrogen-bond donors (Lipinski definition) is 0. The molecule has 0 aliphatic carbocycles. The van der Waals surface area contributed by atoms with Crippen LogP contribution in [0.5, 0.6) is 5.75 Å². The Morgan fingerprint density at radius 2 is 1.53 bits per heavy atom. The lowest BCUT2D eigenvalue weighted by molar-refractivity contribution is -0.138. The van der Waals surface area contributed by atoms with Crippen molar-refractivity contribution in [1.29, 1.82) is 0 Å². The second kappa shape index (κ2) is 4.13. The third-order valence-electron chi connectivity index (χ3n) is 1.56. The maximum absolute atomic E-state index is 13.0. The van der Waals surface area contributed by atoms with Crippen LogP contribution in [0, 0.1) is 11.6 Å². The lowest BCUT2D eigenvalue weighted by Crippen LogP contribution is -2.11. The van der Waals surface area contributed by atoms with E-state index in [1.54, 1.807) is 0 Å². The summed E-state index contributed by atoms with van der Waals surface area (Å²) in [5.41, 5.74) is -1.58. The van der Waals surface area contributed by atoms with Crippen LogP contribution in [-0.2, 0) is 16.3 Å². The fraction of sp³-hybridized carbons (Fsp3) is 0.250. The minimum Gasteiger partial charge on any atom is -0.376 e. The van der Waals surface area contributed by atoms with Gasteiger partial charge in [-0.3, -0.25) is 0 Å². The van der Waals surface area contributed by atoms with Gasteiger partial charge >= 0.3 is 16.3 Å². The number of alkyl halides is 3. The second-order valence-corrected chi connectivity index (χ2v) is 4.63. The summed E-state index contributed by atoms with van der Waals surface area (Å²) in [6, 6.07) is -0.104. The minimum absolute atomic E-state index is 0.0520. The molecule has 0 atom stereocenters. The van der Waals surface area contributed by atoms with Crippen LogP contribution in [0.1, 0.15) is 5.56 Å². The minimum atomic E-state index is -4.94. The fourth-order valence-corrected chi connectivity index (χ4v) is 1.42. The molecular formula is C8H5F5O3S. The summed E-state index contributed by atoms with van der Waals surface area (Å²) in [5.74, 6) is -4.88. The molecule has 1 rings (SSSR count). The SMILES string of the molecule is CS(=O)(=O)Oc1c(F)cc(C(F)(F)F)cc1F. The van der Waals surface area contributed by atoms with Crippen molar-refractivity contribution in [3.8, 4) is 5.75 Å². The van der Waals surface area contributed by atoms with Gasteiger partial charge in [-0.25, -0.2) is 8.78 Å². The molecule has 0 fully saturated rings. The van der Waals surface area contributed by atoms with Crippen LogP contribution in [0.25, 0.3) is 0 Å². The van der Waals surface area contributed by atoms with Crippen LogP contribution in [0.3, 0.4) is 0 Å². The molecule has 96 valence electrons. The average Bonchev–Trinajstić information content (AvgIpc) is 2.07. The van der Waals surface area contributed by atoms with Crippen LogP contribution in [0.2, 0.25) is 0 Å². The summed E-state index contributed by atoms with van der Waals surface area (Å²) in [4.78, 5) is 0. The van der Waals surface area contributed by atoms with Crippen LogP contribution in [0.15, 0.2) is 12.1 Å². The highest BCUT2D eigenvalue weighted by Gasteiger charge is 2.33. The van der Waals surface area contributed by atoms with Crippen LogP contribution < -0.4 is 4.18 Å². The van der Waals surface area contributed by atoms with Crippen molar-refractivity contribution in [2.24, 2.45) is 0 Å². The standard InChI is InChI=1S/C8H5F5O3S/c1-17(14,15)16-7-5(9)2-4(3-6(7)10)8(11,12)13/h2-3H,1H3. The van der Waals surface area contributed by atoms with E-state index in [2.05, 4.69) is 4.18 Å². The fourth-order valence-electron chi connectivity index (χ4n) is 0.955. The zero-order valence-corrected chi connectivity index (χ0v) is 8.99. The smallest absolute Gasteiger partial charge is 0.376 e. The lowest BCUT2D eigenvalue weighted by Gasteiger charge is -2.10. The van der Waals surface area contributed by atoms with Crippen LogP contribution >= 0.6 is 0 Å². The van der Waals surface area contributed by atoms with Gasteiger partial charge in [0.2, 0.25) is 5.75 Å². The van der Waals surface area contributed by atoms with Gasteiger partial charge in [-0.15, -0.1) is 0 Å². The van der Waals surface area contributed by atoms with Gasteiger partial charge in [0.15, 0.2) is 11.6 Å². The monoisotopic (exact) mass is 276 g/mol. The topological polar surface area (TPSA) is 43.4 Å². The van der Waals surface area contributed by atoms with E-state index in [0.717, 1.165) is 0 Å². The van der Waals surface area contributed by atoms with Gasteiger partial charge in [-0.05, 0) is 12.1 Å². The molecule has 0 saturated heterocycles. The van der Waals surface area contributed by atoms with Crippen LogP contribution in [0.4, 0.5) is 22.0 Å². The number of benzene rings is 1. The predicted octanol–water partition coefficient (Wildman–Crippen LogP) is 2.32. The maximum atomic E-state index is 13.0. The molecule has 0 radical (unpaired) electrons. The summed E-state index contributed by atoms with van der Waals surface area (Å²) in [6.45, 7) is 0. The molecule has 3 nitrogen and oxygen atoms in total. The first-order chi connectivity index (χ1) is 7.50. The third-order valence-corrected chi connectivity index (χ3v) is 2.03. The van der Waals surface area contributed by atoms with E-state index in [1.165, 1.54) is 0 Å². The molecule has 1 aromatic rings. The zero-order valence-electron chi connectivity index (χ0n) is 8.18. The first-order valence-electron chi connectivity index (χ1n) is 3.96. The number of rotatable bonds is 2. The molecule has 0 saturated carbocycles. The second-order valence-electron chi connectivity index (χ2n) is 3.05. The Balaban J connectivity index is 3.30. The van der Waals surface area contributed by atoms with Crippen molar-refractivity contribution in [2.45, 2.75) is 6.18 Å². The normalized spacial score (nSPS) is 12.6. The van der Waals surface area contributed by atoms with Crippen molar-refractivity contribution in [1.82, 2.24) is 0 Å². The molecule has 0 spiro atoms. The van der Waals surface area contributed by atoms with Crippen molar-refractivity contribution in [2.75, 3.05) is 6.26 Å². The molecule has 17 heavy (non-hydrogen) atoms. The first kappa shape index (κ1) is 13.7. The Morgan fingerprint density at radius 1 is 1.12 bits per heavy atom. The van der Waals surface area contributed by atoms with Crippen molar-refractivity contribution < 1.29 is 34.6 Å². The maximum Gasteiger partial charge on any atom is 0.416 e. The van der Waals surface area contributed by atoms with Gasteiger partial charge in [0.1, 0.15) is 0 Å². The zero-order chi connectivity index (χ0) is 13.4. The molecule has 0 unspecified atom stereocenters. The molecule has 1 aromatic carbocycles. The number of halogens is 5.